The van der Waals surface area contributed by atoms with Gasteiger partial charge in [-0.2, -0.15) is 10.4 Å². The van der Waals surface area contributed by atoms with Crippen LogP contribution in [0.15, 0.2) is 46.0 Å². The van der Waals surface area contributed by atoms with E-state index in [0.717, 1.165) is 4.47 Å². The van der Waals surface area contributed by atoms with Crippen LogP contribution in [-0.4, -0.2) is 24.0 Å². The molecule has 0 saturated carbocycles. The summed E-state index contributed by atoms with van der Waals surface area (Å²) in [5.74, 6) is -0.0347. The van der Waals surface area contributed by atoms with Crippen molar-refractivity contribution in [2.45, 2.75) is 11.4 Å². The van der Waals surface area contributed by atoms with Crippen LogP contribution in [0.2, 0.25) is 0 Å². The highest BCUT2D eigenvalue weighted by molar-refractivity contribution is 9.10. The molecule has 1 heterocycles. The van der Waals surface area contributed by atoms with Gasteiger partial charge >= 0.3 is 0 Å². The van der Waals surface area contributed by atoms with E-state index in [1.54, 1.807) is 17.1 Å². The molecule has 0 aliphatic rings. The number of sulfone groups is 1. The van der Waals surface area contributed by atoms with Crippen LogP contribution in [0.25, 0.3) is 0 Å². The molecule has 0 fully saturated rings. The fourth-order valence-corrected chi connectivity index (χ4v) is 3.07. The first-order chi connectivity index (χ1) is 9.01. The third-order valence-corrected chi connectivity index (χ3v) is 4.65. The smallest absolute Gasteiger partial charge is 0.180 e. The molecule has 0 unspecified atom stereocenters. The Morgan fingerprint density at radius 1 is 1.32 bits per heavy atom. The standard InChI is InChI=1S/C12H10BrN3O2S/c13-11-8-15-16(9-11)5-6-19(17,18)12-3-1-10(7-14)2-4-12/h1-4,8-9H,5-6H2. The van der Waals surface area contributed by atoms with Crippen molar-refractivity contribution in [1.82, 2.24) is 9.78 Å². The summed E-state index contributed by atoms with van der Waals surface area (Å²) in [4.78, 5) is 0.220. The highest BCUT2D eigenvalue weighted by atomic mass is 79.9. The Labute approximate surface area is 119 Å². The lowest BCUT2D eigenvalue weighted by molar-refractivity contribution is 0.580. The molecule has 0 saturated heterocycles. The first-order valence-electron chi connectivity index (χ1n) is 5.42. The minimum absolute atomic E-state index is 0.0347. The molecule has 0 N–H and O–H groups in total. The molecule has 0 bridgehead atoms. The summed E-state index contributed by atoms with van der Waals surface area (Å²) in [6.45, 7) is 0.286. The minimum atomic E-state index is -3.36. The normalized spacial score (nSPS) is 11.2. The van der Waals surface area contributed by atoms with Crippen molar-refractivity contribution < 1.29 is 8.42 Å². The van der Waals surface area contributed by atoms with E-state index in [1.165, 1.54) is 24.3 Å². The van der Waals surface area contributed by atoms with Gasteiger partial charge in [0.2, 0.25) is 0 Å². The van der Waals surface area contributed by atoms with Gasteiger partial charge in [-0.25, -0.2) is 8.42 Å². The number of halogens is 1. The van der Waals surface area contributed by atoms with E-state index in [-0.39, 0.29) is 17.2 Å². The second-order valence-electron chi connectivity index (χ2n) is 3.88. The van der Waals surface area contributed by atoms with Crippen molar-refractivity contribution >= 4 is 25.8 Å². The van der Waals surface area contributed by atoms with Gasteiger partial charge in [0.15, 0.2) is 9.84 Å². The molecule has 2 rings (SSSR count). The van der Waals surface area contributed by atoms with E-state index < -0.39 is 9.84 Å². The largest absolute Gasteiger partial charge is 0.271 e. The maximum Gasteiger partial charge on any atom is 0.180 e. The van der Waals surface area contributed by atoms with E-state index in [4.69, 9.17) is 5.26 Å². The summed E-state index contributed by atoms with van der Waals surface area (Å²) in [5, 5.41) is 12.7. The van der Waals surface area contributed by atoms with E-state index in [1.807, 2.05) is 6.07 Å². The first-order valence-corrected chi connectivity index (χ1v) is 7.87. The zero-order valence-electron chi connectivity index (χ0n) is 9.82. The molecular weight excluding hydrogens is 330 g/mol. The zero-order valence-corrected chi connectivity index (χ0v) is 12.2. The Bertz CT molecular complexity index is 714. The monoisotopic (exact) mass is 339 g/mol. The predicted octanol–water partition coefficient (Wildman–Crippen LogP) is 1.99. The molecule has 1 aromatic carbocycles. The van der Waals surface area contributed by atoms with Crippen molar-refractivity contribution in [3.8, 4) is 6.07 Å². The molecule has 7 heteroatoms. The zero-order chi connectivity index (χ0) is 13.9. The van der Waals surface area contributed by atoms with Crippen LogP contribution in [0, 0.1) is 11.3 Å². The van der Waals surface area contributed by atoms with Crippen molar-refractivity contribution in [2.75, 3.05) is 5.75 Å². The summed E-state index contributed by atoms with van der Waals surface area (Å²) in [6.07, 6.45) is 3.32. The second-order valence-corrected chi connectivity index (χ2v) is 6.90. The van der Waals surface area contributed by atoms with Crippen LogP contribution in [0.5, 0.6) is 0 Å². The summed E-state index contributed by atoms with van der Waals surface area (Å²) < 4.78 is 26.5. The van der Waals surface area contributed by atoms with Gasteiger partial charge in [0.05, 0.1) is 39.5 Å². The Balaban J connectivity index is 2.11. The average molecular weight is 340 g/mol. The van der Waals surface area contributed by atoms with Crippen molar-refractivity contribution in [3.63, 3.8) is 0 Å². The van der Waals surface area contributed by atoms with Gasteiger partial charge in [-0.1, -0.05) is 0 Å². The van der Waals surface area contributed by atoms with Gasteiger partial charge in [-0.3, -0.25) is 4.68 Å². The molecule has 0 radical (unpaired) electrons. The van der Waals surface area contributed by atoms with Crippen LogP contribution in [0.1, 0.15) is 5.56 Å². The Morgan fingerprint density at radius 2 is 2.00 bits per heavy atom. The van der Waals surface area contributed by atoms with Gasteiger partial charge in [0.25, 0.3) is 0 Å². The van der Waals surface area contributed by atoms with Crippen molar-refractivity contribution in [3.05, 3.63) is 46.7 Å². The number of aryl methyl sites for hydroxylation is 1. The van der Waals surface area contributed by atoms with Crippen molar-refractivity contribution in [2.24, 2.45) is 0 Å². The van der Waals surface area contributed by atoms with E-state index in [2.05, 4.69) is 21.0 Å². The molecule has 0 aliphatic heterocycles. The number of benzene rings is 1. The summed E-state index contributed by atoms with van der Waals surface area (Å²) in [5.41, 5.74) is 0.440. The van der Waals surface area contributed by atoms with Gasteiger partial charge in [0, 0.05) is 6.20 Å². The fourth-order valence-electron chi connectivity index (χ4n) is 1.53. The van der Waals surface area contributed by atoms with E-state index in [0.29, 0.717) is 5.56 Å². The maximum absolute atomic E-state index is 12.1. The number of nitrogens with zero attached hydrogens (tertiary/aromatic N) is 3. The lowest BCUT2D eigenvalue weighted by Crippen LogP contribution is -2.13. The van der Waals surface area contributed by atoms with E-state index in [9.17, 15) is 8.42 Å². The summed E-state index contributed by atoms with van der Waals surface area (Å²) in [7, 11) is -3.36. The fraction of sp³-hybridized carbons (Fsp3) is 0.167. The molecule has 19 heavy (non-hydrogen) atoms. The molecule has 0 spiro atoms. The Kier molecular flexibility index (Phi) is 4.02. The molecule has 98 valence electrons. The number of nitriles is 1. The second kappa shape index (κ2) is 5.55. The van der Waals surface area contributed by atoms with Crippen LogP contribution >= 0.6 is 15.9 Å². The first kappa shape index (κ1) is 13.8. The van der Waals surface area contributed by atoms with Crippen LogP contribution < -0.4 is 0 Å². The number of hydrogen-bond donors (Lipinski definition) is 0. The number of hydrogen-bond acceptors (Lipinski definition) is 4. The van der Waals surface area contributed by atoms with Crippen molar-refractivity contribution in [1.29, 1.82) is 5.26 Å². The van der Waals surface area contributed by atoms with Gasteiger partial charge in [0.1, 0.15) is 0 Å². The Morgan fingerprint density at radius 3 is 2.53 bits per heavy atom. The van der Waals surface area contributed by atoms with Gasteiger partial charge < -0.3 is 0 Å². The lowest BCUT2D eigenvalue weighted by atomic mass is 10.2. The molecule has 2 aromatic rings. The lowest BCUT2D eigenvalue weighted by Gasteiger charge is -2.04. The highest BCUT2D eigenvalue weighted by Crippen LogP contribution is 2.13. The topological polar surface area (TPSA) is 75.8 Å². The van der Waals surface area contributed by atoms with Gasteiger partial charge in [-0.05, 0) is 40.2 Å². The summed E-state index contributed by atoms with van der Waals surface area (Å²) >= 11 is 3.25. The quantitative estimate of drug-likeness (QED) is 0.853. The molecule has 0 atom stereocenters. The van der Waals surface area contributed by atoms with Crippen LogP contribution in [0.4, 0.5) is 0 Å². The molecule has 0 aliphatic carbocycles. The number of aromatic nitrogens is 2. The summed E-state index contributed by atoms with van der Waals surface area (Å²) in [6, 6.07) is 7.85. The molecule has 1 aromatic heterocycles. The van der Waals surface area contributed by atoms with E-state index >= 15 is 0 Å². The van der Waals surface area contributed by atoms with Crippen LogP contribution in [-0.2, 0) is 16.4 Å². The van der Waals surface area contributed by atoms with Crippen LogP contribution in [0.3, 0.4) is 0 Å². The van der Waals surface area contributed by atoms with Gasteiger partial charge in [-0.15, -0.1) is 0 Å². The maximum atomic E-state index is 12.1. The average Bonchev–Trinajstić information content (AvgIpc) is 2.82. The predicted molar refractivity (Wildman–Crippen MR) is 73.1 cm³/mol. The molecular formula is C12H10BrN3O2S. The Hall–Kier alpha value is -1.65. The third kappa shape index (κ3) is 3.43. The SMILES string of the molecule is N#Cc1ccc(S(=O)(=O)CCn2cc(Br)cn2)cc1. The molecule has 5 nitrogen and oxygen atoms in total. The highest BCUT2D eigenvalue weighted by Gasteiger charge is 2.14. The minimum Gasteiger partial charge on any atom is -0.271 e. The third-order valence-electron chi connectivity index (χ3n) is 2.53. The number of rotatable bonds is 4. The molecule has 0 amide bonds.